The monoisotopic (exact) mass is 217 g/mol. The van der Waals surface area contributed by atoms with E-state index in [1.807, 2.05) is 0 Å². The molecule has 0 bridgehead atoms. The number of fused-ring (bicyclic) bond motifs is 1. The SMILES string of the molecule is CNC1C(C(=O)O)OC2OC(C)(C)OC21. The van der Waals surface area contributed by atoms with Crippen LogP contribution < -0.4 is 5.32 Å². The van der Waals surface area contributed by atoms with Crippen LogP contribution in [0.25, 0.3) is 0 Å². The molecule has 2 aliphatic rings. The van der Waals surface area contributed by atoms with E-state index in [1.165, 1.54) is 0 Å². The molecule has 2 fully saturated rings. The van der Waals surface area contributed by atoms with E-state index in [0.29, 0.717) is 0 Å². The zero-order valence-corrected chi connectivity index (χ0v) is 8.89. The van der Waals surface area contributed by atoms with Gasteiger partial charge in [-0.3, -0.25) is 0 Å². The Balaban J connectivity index is 2.15. The minimum atomic E-state index is -1.01. The van der Waals surface area contributed by atoms with E-state index >= 15 is 0 Å². The second-order valence-corrected chi connectivity index (χ2v) is 4.18. The smallest absolute Gasteiger partial charge is 0.334 e. The Morgan fingerprint density at radius 1 is 1.40 bits per heavy atom. The molecule has 0 amide bonds. The van der Waals surface area contributed by atoms with Crippen molar-refractivity contribution in [3.8, 4) is 0 Å². The Kier molecular flexibility index (Phi) is 2.46. The lowest BCUT2D eigenvalue weighted by atomic mass is 10.1. The number of carboxylic acids is 1. The summed E-state index contributed by atoms with van der Waals surface area (Å²) in [5.74, 6) is -1.72. The second-order valence-electron chi connectivity index (χ2n) is 4.18. The Morgan fingerprint density at radius 3 is 2.60 bits per heavy atom. The molecule has 0 aromatic rings. The van der Waals surface area contributed by atoms with E-state index in [4.69, 9.17) is 19.3 Å². The second kappa shape index (κ2) is 3.41. The van der Waals surface area contributed by atoms with Crippen molar-refractivity contribution < 1.29 is 24.1 Å². The van der Waals surface area contributed by atoms with Crippen molar-refractivity contribution in [2.45, 2.75) is 44.2 Å². The van der Waals surface area contributed by atoms with Crippen LogP contribution in [-0.2, 0) is 19.0 Å². The third-order valence-electron chi connectivity index (χ3n) is 2.63. The highest BCUT2D eigenvalue weighted by molar-refractivity contribution is 5.74. The molecule has 0 aliphatic carbocycles. The molecule has 6 nitrogen and oxygen atoms in total. The maximum absolute atomic E-state index is 10.9. The van der Waals surface area contributed by atoms with Crippen LogP contribution in [0.1, 0.15) is 13.8 Å². The Labute approximate surface area is 87.5 Å². The fourth-order valence-electron chi connectivity index (χ4n) is 2.03. The molecule has 2 heterocycles. The van der Waals surface area contributed by atoms with Gasteiger partial charge in [-0.1, -0.05) is 0 Å². The molecule has 0 aromatic carbocycles. The van der Waals surface area contributed by atoms with Gasteiger partial charge in [0, 0.05) is 0 Å². The molecular formula is C9H15NO5. The Bertz CT molecular complexity index is 280. The summed E-state index contributed by atoms with van der Waals surface area (Å²) < 4.78 is 16.3. The van der Waals surface area contributed by atoms with Gasteiger partial charge in [-0.2, -0.15) is 0 Å². The number of rotatable bonds is 2. The highest BCUT2D eigenvalue weighted by Gasteiger charge is 2.56. The third kappa shape index (κ3) is 1.74. The molecule has 4 unspecified atom stereocenters. The first kappa shape index (κ1) is 10.8. The van der Waals surface area contributed by atoms with Gasteiger partial charge < -0.3 is 24.6 Å². The summed E-state index contributed by atoms with van der Waals surface area (Å²) >= 11 is 0. The van der Waals surface area contributed by atoms with Crippen LogP contribution >= 0.6 is 0 Å². The first-order valence-corrected chi connectivity index (χ1v) is 4.86. The largest absolute Gasteiger partial charge is 0.479 e. The van der Waals surface area contributed by atoms with Crippen molar-refractivity contribution in [1.82, 2.24) is 5.32 Å². The molecule has 2 saturated heterocycles. The van der Waals surface area contributed by atoms with E-state index in [2.05, 4.69) is 5.32 Å². The van der Waals surface area contributed by atoms with Gasteiger partial charge in [-0.15, -0.1) is 0 Å². The van der Waals surface area contributed by atoms with Crippen molar-refractivity contribution in [1.29, 1.82) is 0 Å². The van der Waals surface area contributed by atoms with E-state index in [-0.39, 0.29) is 12.1 Å². The summed E-state index contributed by atoms with van der Waals surface area (Å²) in [6, 6.07) is -0.380. The standard InChI is InChI=1S/C9H15NO5/c1-9(2)14-6-4(10-3)5(7(11)12)13-8(6)15-9/h4-6,8,10H,1-3H3,(H,11,12). The number of ether oxygens (including phenoxy) is 3. The van der Waals surface area contributed by atoms with Crippen LogP contribution in [-0.4, -0.2) is 48.5 Å². The molecule has 86 valence electrons. The first-order chi connectivity index (χ1) is 6.94. The van der Waals surface area contributed by atoms with Crippen molar-refractivity contribution in [2.24, 2.45) is 0 Å². The van der Waals surface area contributed by atoms with Gasteiger partial charge in [0.1, 0.15) is 6.10 Å². The number of hydrogen-bond acceptors (Lipinski definition) is 5. The van der Waals surface area contributed by atoms with E-state index < -0.39 is 24.2 Å². The maximum Gasteiger partial charge on any atom is 0.334 e. The first-order valence-electron chi connectivity index (χ1n) is 4.86. The predicted octanol–water partition coefficient (Wildman–Crippen LogP) is -0.465. The molecular weight excluding hydrogens is 202 g/mol. The summed E-state index contributed by atoms with van der Waals surface area (Å²) in [5.41, 5.74) is 0. The molecule has 0 spiro atoms. The summed E-state index contributed by atoms with van der Waals surface area (Å²) in [6.45, 7) is 3.55. The van der Waals surface area contributed by atoms with Gasteiger partial charge in [0.2, 0.25) is 0 Å². The number of hydrogen-bond donors (Lipinski definition) is 2. The lowest BCUT2D eigenvalue weighted by molar-refractivity contribution is -0.211. The highest BCUT2D eigenvalue weighted by Crippen LogP contribution is 2.37. The molecule has 15 heavy (non-hydrogen) atoms. The average molecular weight is 217 g/mol. The van der Waals surface area contributed by atoms with Crippen molar-refractivity contribution in [3.05, 3.63) is 0 Å². The quantitative estimate of drug-likeness (QED) is 0.651. The topological polar surface area (TPSA) is 77.0 Å². The molecule has 0 aromatic heterocycles. The minimum absolute atomic E-state index is 0.369. The number of carbonyl (C=O) groups is 1. The van der Waals surface area contributed by atoms with Crippen LogP contribution in [0.3, 0.4) is 0 Å². The van der Waals surface area contributed by atoms with Gasteiger partial charge in [0.05, 0.1) is 6.04 Å². The molecule has 4 atom stereocenters. The van der Waals surface area contributed by atoms with Gasteiger partial charge >= 0.3 is 5.97 Å². The van der Waals surface area contributed by atoms with Crippen molar-refractivity contribution in [2.75, 3.05) is 7.05 Å². The van der Waals surface area contributed by atoms with Crippen molar-refractivity contribution in [3.63, 3.8) is 0 Å². The fourth-order valence-corrected chi connectivity index (χ4v) is 2.03. The third-order valence-corrected chi connectivity index (χ3v) is 2.63. The van der Waals surface area contributed by atoms with E-state index in [1.54, 1.807) is 20.9 Å². The number of likely N-dealkylation sites (N-methyl/N-ethyl adjacent to an activating group) is 1. The van der Waals surface area contributed by atoms with Gasteiger partial charge in [-0.25, -0.2) is 4.79 Å². The Morgan fingerprint density at radius 2 is 2.07 bits per heavy atom. The predicted molar refractivity (Wildman–Crippen MR) is 49.2 cm³/mol. The van der Waals surface area contributed by atoms with Crippen LogP contribution in [0, 0.1) is 0 Å². The highest BCUT2D eigenvalue weighted by atomic mass is 16.8. The summed E-state index contributed by atoms with van der Waals surface area (Å²) in [4.78, 5) is 10.9. The van der Waals surface area contributed by atoms with Crippen LogP contribution in [0.2, 0.25) is 0 Å². The molecule has 2 aliphatic heterocycles. The minimum Gasteiger partial charge on any atom is -0.479 e. The lowest BCUT2D eigenvalue weighted by Gasteiger charge is -2.23. The zero-order chi connectivity index (χ0) is 11.2. The van der Waals surface area contributed by atoms with Gasteiger partial charge in [0.15, 0.2) is 18.2 Å². The van der Waals surface area contributed by atoms with Crippen LogP contribution in [0.15, 0.2) is 0 Å². The van der Waals surface area contributed by atoms with Crippen molar-refractivity contribution >= 4 is 5.97 Å². The molecule has 0 saturated carbocycles. The molecule has 2 N–H and O–H groups in total. The molecule has 0 radical (unpaired) electrons. The molecule has 6 heteroatoms. The summed E-state index contributed by atoms with van der Waals surface area (Å²) in [7, 11) is 1.68. The average Bonchev–Trinajstić information content (AvgIpc) is 2.55. The van der Waals surface area contributed by atoms with E-state index in [0.717, 1.165) is 0 Å². The van der Waals surface area contributed by atoms with Gasteiger partial charge in [0.25, 0.3) is 0 Å². The number of carboxylic acid groups (broad SMARTS) is 1. The number of nitrogens with one attached hydrogen (secondary N) is 1. The number of aliphatic carboxylic acids is 1. The van der Waals surface area contributed by atoms with Gasteiger partial charge in [-0.05, 0) is 20.9 Å². The van der Waals surface area contributed by atoms with E-state index in [9.17, 15) is 4.79 Å². The van der Waals surface area contributed by atoms with Crippen LogP contribution in [0.5, 0.6) is 0 Å². The van der Waals surface area contributed by atoms with Crippen LogP contribution in [0.4, 0.5) is 0 Å². The lowest BCUT2D eigenvalue weighted by Crippen LogP contribution is -2.46. The zero-order valence-electron chi connectivity index (χ0n) is 8.89. The Hall–Kier alpha value is -0.690. The summed E-state index contributed by atoms with van der Waals surface area (Å²) in [6.07, 6.45) is -1.88. The normalized spacial score (nSPS) is 42.9. The molecule has 2 rings (SSSR count). The summed E-state index contributed by atoms with van der Waals surface area (Å²) in [5, 5.41) is 11.8. The fraction of sp³-hybridized carbons (Fsp3) is 0.889. The maximum atomic E-state index is 10.9.